The highest BCUT2D eigenvalue weighted by molar-refractivity contribution is 4.84. The summed E-state index contributed by atoms with van der Waals surface area (Å²) in [4.78, 5) is 0. The predicted molar refractivity (Wildman–Crippen MR) is 88.0 cm³/mol. The van der Waals surface area contributed by atoms with Crippen LogP contribution in [-0.2, 0) is 4.74 Å². The van der Waals surface area contributed by atoms with E-state index in [1.807, 2.05) is 7.11 Å². The van der Waals surface area contributed by atoms with Crippen LogP contribution < -0.4 is 5.32 Å². The molecule has 0 radical (unpaired) electrons. The lowest BCUT2D eigenvalue weighted by Gasteiger charge is -2.39. The number of methoxy groups -OCH3 is 1. The van der Waals surface area contributed by atoms with Gasteiger partial charge in [0.15, 0.2) is 0 Å². The van der Waals surface area contributed by atoms with Crippen LogP contribution in [0.15, 0.2) is 0 Å². The van der Waals surface area contributed by atoms with Crippen LogP contribution in [0.25, 0.3) is 0 Å². The summed E-state index contributed by atoms with van der Waals surface area (Å²) in [6.45, 7) is 13.7. The van der Waals surface area contributed by atoms with Gasteiger partial charge in [-0.25, -0.2) is 0 Å². The summed E-state index contributed by atoms with van der Waals surface area (Å²) in [6.07, 6.45) is 6.82. The summed E-state index contributed by atoms with van der Waals surface area (Å²) >= 11 is 0. The first-order valence-corrected chi connectivity index (χ1v) is 8.57. The van der Waals surface area contributed by atoms with E-state index in [9.17, 15) is 0 Å². The second-order valence-corrected chi connectivity index (χ2v) is 8.10. The Morgan fingerprint density at radius 3 is 2.40 bits per heavy atom. The predicted octanol–water partition coefficient (Wildman–Crippen LogP) is 4.49. The van der Waals surface area contributed by atoms with E-state index >= 15 is 0 Å². The monoisotopic (exact) mass is 283 g/mol. The molecule has 1 aliphatic carbocycles. The molecule has 1 N–H and O–H groups in total. The van der Waals surface area contributed by atoms with Crippen molar-refractivity contribution >= 4 is 0 Å². The second-order valence-electron chi connectivity index (χ2n) is 8.10. The number of hydrogen-bond acceptors (Lipinski definition) is 2. The van der Waals surface area contributed by atoms with Crippen molar-refractivity contribution in [3.05, 3.63) is 0 Å². The van der Waals surface area contributed by atoms with Crippen LogP contribution >= 0.6 is 0 Å². The molecule has 1 aliphatic rings. The average molecular weight is 284 g/mol. The van der Waals surface area contributed by atoms with Crippen molar-refractivity contribution in [3.63, 3.8) is 0 Å². The van der Waals surface area contributed by atoms with E-state index < -0.39 is 0 Å². The van der Waals surface area contributed by atoms with Crippen molar-refractivity contribution in [2.45, 2.75) is 72.3 Å². The van der Waals surface area contributed by atoms with Gasteiger partial charge in [-0.1, -0.05) is 13.8 Å². The van der Waals surface area contributed by atoms with Gasteiger partial charge < -0.3 is 10.1 Å². The molecular weight excluding hydrogens is 246 g/mol. The van der Waals surface area contributed by atoms with Crippen LogP contribution in [0.2, 0.25) is 0 Å². The first-order valence-electron chi connectivity index (χ1n) is 8.57. The lowest BCUT2D eigenvalue weighted by molar-refractivity contribution is 0.117. The van der Waals surface area contributed by atoms with E-state index in [1.54, 1.807) is 0 Å². The highest BCUT2D eigenvalue weighted by Gasteiger charge is 2.31. The Labute approximate surface area is 127 Å². The van der Waals surface area contributed by atoms with E-state index in [0.717, 1.165) is 30.3 Å². The fourth-order valence-electron chi connectivity index (χ4n) is 3.52. The van der Waals surface area contributed by atoms with Crippen molar-refractivity contribution in [1.82, 2.24) is 5.32 Å². The summed E-state index contributed by atoms with van der Waals surface area (Å²) in [5.41, 5.74) is 0.242. The fourth-order valence-corrected chi connectivity index (χ4v) is 3.52. The van der Waals surface area contributed by atoms with E-state index in [4.69, 9.17) is 4.74 Å². The third-order valence-corrected chi connectivity index (χ3v) is 4.94. The molecule has 0 aromatic heterocycles. The number of rotatable bonds is 7. The molecule has 2 heteroatoms. The van der Waals surface area contributed by atoms with Crippen LogP contribution in [0.1, 0.15) is 66.7 Å². The fraction of sp³-hybridized carbons (Fsp3) is 1.00. The minimum Gasteiger partial charge on any atom is -0.385 e. The van der Waals surface area contributed by atoms with Crippen LogP contribution in [0.3, 0.4) is 0 Å². The number of ether oxygens (including phenoxy) is 1. The first kappa shape index (κ1) is 18.0. The average Bonchev–Trinajstić information content (AvgIpc) is 2.36. The number of hydrogen-bond donors (Lipinski definition) is 1. The molecule has 20 heavy (non-hydrogen) atoms. The molecule has 2 nitrogen and oxygen atoms in total. The van der Waals surface area contributed by atoms with Gasteiger partial charge in [0.2, 0.25) is 0 Å². The third kappa shape index (κ3) is 6.58. The van der Waals surface area contributed by atoms with E-state index in [0.29, 0.717) is 0 Å². The van der Waals surface area contributed by atoms with Crippen LogP contribution in [0.4, 0.5) is 0 Å². The smallest absolute Gasteiger partial charge is 0.0462 e. The SMILES string of the molecule is COCCCC1CC(C(C)C)CCC1CNC(C)(C)C. The highest BCUT2D eigenvalue weighted by atomic mass is 16.5. The Balaban J connectivity index is 2.51. The molecule has 120 valence electrons. The summed E-state index contributed by atoms with van der Waals surface area (Å²) in [5.74, 6) is 3.53. The second kappa shape index (κ2) is 8.38. The standard InChI is InChI=1S/C18H37NO/c1-14(2)15-9-10-17(13-19-18(3,4)5)16(12-15)8-7-11-20-6/h14-17,19H,7-13H2,1-6H3. The molecular formula is C18H37NO. The van der Waals surface area contributed by atoms with Gasteiger partial charge >= 0.3 is 0 Å². The quantitative estimate of drug-likeness (QED) is 0.695. The van der Waals surface area contributed by atoms with Gasteiger partial charge in [-0.15, -0.1) is 0 Å². The maximum atomic E-state index is 5.24. The summed E-state index contributed by atoms with van der Waals surface area (Å²) in [6, 6.07) is 0. The zero-order valence-corrected chi connectivity index (χ0v) is 14.7. The first-order chi connectivity index (χ1) is 9.33. The minimum atomic E-state index is 0.242. The Bertz CT molecular complexity index is 257. The van der Waals surface area contributed by atoms with Gasteiger partial charge in [0.25, 0.3) is 0 Å². The lowest BCUT2D eigenvalue weighted by Crippen LogP contribution is -2.42. The minimum absolute atomic E-state index is 0.242. The van der Waals surface area contributed by atoms with E-state index in [-0.39, 0.29) is 5.54 Å². The molecule has 3 atom stereocenters. The molecule has 0 bridgehead atoms. The Morgan fingerprint density at radius 1 is 1.15 bits per heavy atom. The normalized spacial score (nSPS) is 28.1. The third-order valence-electron chi connectivity index (χ3n) is 4.94. The topological polar surface area (TPSA) is 21.3 Å². The van der Waals surface area contributed by atoms with Crippen molar-refractivity contribution in [3.8, 4) is 0 Å². The molecule has 0 aliphatic heterocycles. The van der Waals surface area contributed by atoms with Crippen LogP contribution in [-0.4, -0.2) is 25.8 Å². The lowest BCUT2D eigenvalue weighted by atomic mass is 9.69. The van der Waals surface area contributed by atoms with Gasteiger partial charge in [0.05, 0.1) is 0 Å². The molecule has 0 amide bonds. The van der Waals surface area contributed by atoms with E-state index in [1.165, 1.54) is 38.6 Å². The molecule has 0 aromatic rings. The molecule has 0 spiro atoms. The van der Waals surface area contributed by atoms with Crippen molar-refractivity contribution in [1.29, 1.82) is 0 Å². The Kier molecular flexibility index (Phi) is 7.53. The van der Waals surface area contributed by atoms with Crippen molar-refractivity contribution in [2.75, 3.05) is 20.3 Å². The van der Waals surface area contributed by atoms with Gasteiger partial charge in [-0.2, -0.15) is 0 Å². The zero-order valence-electron chi connectivity index (χ0n) is 14.7. The largest absolute Gasteiger partial charge is 0.385 e. The van der Waals surface area contributed by atoms with Gasteiger partial charge in [-0.3, -0.25) is 0 Å². The van der Waals surface area contributed by atoms with Gasteiger partial charge in [-0.05, 0) is 83.1 Å². The van der Waals surface area contributed by atoms with Crippen LogP contribution in [0.5, 0.6) is 0 Å². The van der Waals surface area contributed by atoms with Gasteiger partial charge in [0.1, 0.15) is 0 Å². The molecule has 0 aromatic carbocycles. The maximum absolute atomic E-state index is 5.24. The Hall–Kier alpha value is -0.0800. The molecule has 0 heterocycles. The highest BCUT2D eigenvalue weighted by Crippen LogP contribution is 2.39. The molecule has 1 saturated carbocycles. The zero-order chi connectivity index (χ0) is 15.2. The Morgan fingerprint density at radius 2 is 1.85 bits per heavy atom. The van der Waals surface area contributed by atoms with Crippen molar-refractivity contribution < 1.29 is 4.74 Å². The molecule has 1 rings (SSSR count). The number of nitrogens with one attached hydrogen (secondary N) is 1. The summed E-state index contributed by atoms with van der Waals surface area (Å²) < 4.78 is 5.24. The summed E-state index contributed by atoms with van der Waals surface area (Å²) in [7, 11) is 1.82. The maximum Gasteiger partial charge on any atom is 0.0462 e. The molecule has 0 saturated heterocycles. The van der Waals surface area contributed by atoms with Crippen LogP contribution in [0, 0.1) is 23.7 Å². The summed E-state index contributed by atoms with van der Waals surface area (Å²) in [5, 5.41) is 3.72. The van der Waals surface area contributed by atoms with Gasteiger partial charge in [0, 0.05) is 19.3 Å². The van der Waals surface area contributed by atoms with Crippen molar-refractivity contribution in [2.24, 2.45) is 23.7 Å². The molecule has 1 fully saturated rings. The van der Waals surface area contributed by atoms with E-state index in [2.05, 4.69) is 39.9 Å². The molecule has 3 unspecified atom stereocenters.